The zero-order valence-corrected chi connectivity index (χ0v) is 17.9. The van der Waals surface area contributed by atoms with Crippen molar-refractivity contribution in [2.24, 2.45) is 34.5 Å². The van der Waals surface area contributed by atoms with Crippen molar-refractivity contribution in [3.05, 3.63) is 11.1 Å². The van der Waals surface area contributed by atoms with Crippen LogP contribution in [0.4, 0.5) is 0 Å². The van der Waals surface area contributed by atoms with Gasteiger partial charge in [0.25, 0.3) is 0 Å². The van der Waals surface area contributed by atoms with Gasteiger partial charge in [0.05, 0.1) is 6.10 Å². The van der Waals surface area contributed by atoms with E-state index in [0.29, 0.717) is 11.3 Å². The van der Waals surface area contributed by atoms with E-state index in [1.807, 2.05) is 6.92 Å². The molecule has 0 aliphatic heterocycles. The third-order valence-corrected chi connectivity index (χ3v) is 9.41. The predicted molar refractivity (Wildman–Crippen MR) is 107 cm³/mol. The van der Waals surface area contributed by atoms with Gasteiger partial charge in [0.15, 0.2) is 0 Å². The first-order chi connectivity index (χ1) is 12.7. The average Bonchev–Trinajstić information content (AvgIpc) is 2.93. The minimum absolute atomic E-state index is 0.0806. The average molecular weight is 375 g/mol. The van der Waals surface area contributed by atoms with Crippen molar-refractivity contribution in [1.82, 2.24) is 0 Å². The number of hydrogen-bond donors (Lipinski definition) is 1. The first-order valence-electron chi connectivity index (χ1n) is 11.2. The molecule has 0 aromatic heterocycles. The molecule has 0 aromatic carbocycles. The summed E-state index contributed by atoms with van der Waals surface area (Å²) >= 11 is 0. The molecule has 3 nitrogen and oxygen atoms in total. The van der Waals surface area contributed by atoms with Crippen molar-refractivity contribution in [2.45, 2.75) is 98.2 Å². The van der Waals surface area contributed by atoms with E-state index in [1.165, 1.54) is 39.0 Å². The second kappa shape index (κ2) is 6.61. The molecule has 3 saturated carbocycles. The molecule has 0 heterocycles. The number of carbonyl (C=O) groups excluding carboxylic acids is 1. The minimum atomic E-state index is -0.179. The third kappa shape index (κ3) is 2.91. The fraction of sp³-hybridized carbons (Fsp3) is 0.875. The summed E-state index contributed by atoms with van der Waals surface area (Å²) in [4.78, 5) is 11.4. The Morgan fingerprint density at radius 1 is 1.11 bits per heavy atom. The van der Waals surface area contributed by atoms with Gasteiger partial charge in [-0.1, -0.05) is 25.0 Å². The first kappa shape index (κ1) is 19.5. The fourth-order valence-corrected chi connectivity index (χ4v) is 8.25. The lowest BCUT2D eigenvalue weighted by molar-refractivity contribution is -0.148. The van der Waals surface area contributed by atoms with E-state index in [-0.39, 0.29) is 23.6 Å². The molecule has 3 fully saturated rings. The molecule has 0 radical (unpaired) electrons. The lowest BCUT2D eigenvalue weighted by atomic mass is 9.46. The van der Waals surface area contributed by atoms with E-state index < -0.39 is 0 Å². The summed E-state index contributed by atoms with van der Waals surface area (Å²) in [5.74, 6) is 2.63. The standard InChI is InChI=1S/C24H38O3/c1-14-12-18-20-7-6-19(15(2)25)23(20,4)11-9-21(18)24(5)10-8-17(13-22(14)24)27-16(3)26/h15,17-21,25H,6-13H2,1-5H3/t15?,17-,18?,19?,20?,21?,23+,24+/m0/s1. The number of allylic oxidation sites excluding steroid dienone is 1. The number of aliphatic hydroxyl groups excluding tert-OH is 1. The largest absolute Gasteiger partial charge is 0.462 e. The lowest BCUT2D eigenvalue weighted by Crippen LogP contribution is -2.52. The molecule has 4 aliphatic carbocycles. The van der Waals surface area contributed by atoms with Crippen LogP contribution < -0.4 is 0 Å². The molecule has 4 aliphatic rings. The van der Waals surface area contributed by atoms with E-state index in [1.54, 1.807) is 11.1 Å². The summed E-state index contributed by atoms with van der Waals surface area (Å²) in [5.41, 5.74) is 3.78. The number of carbonyl (C=O) groups is 1. The summed E-state index contributed by atoms with van der Waals surface area (Å²) < 4.78 is 5.59. The normalized spacial score (nSPS) is 47.7. The Balaban J connectivity index is 1.63. The van der Waals surface area contributed by atoms with Crippen LogP contribution in [0, 0.1) is 34.5 Å². The summed E-state index contributed by atoms with van der Waals surface area (Å²) in [7, 11) is 0. The van der Waals surface area contributed by atoms with Gasteiger partial charge in [-0.05, 0) is 93.3 Å². The predicted octanol–water partition coefficient (Wildman–Crippen LogP) is 5.27. The van der Waals surface area contributed by atoms with Gasteiger partial charge in [-0.2, -0.15) is 0 Å². The van der Waals surface area contributed by atoms with Crippen LogP contribution in [0.2, 0.25) is 0 Å². The van der Waals surface area contributed by atoms with Crippen LogP contribution in [-0.4, -0.2) is 23.3 Å². The van der Waals surface area contributed by atoms with Gasteiger partial charge in [0, 0.05) is 13.3 Å². The zero-order chi connectivity index (χ0) is 19.6. The van der Waals surface area contributed by atoms with Gasteiger partial charge in [-0.25, -0.2) is 0 Å². The molecule has 1 N–H and O–H groups in total. The van der Waals surface area contributed by atoms with Gasteiger partial charge >= 0.3 is 5.97 Å². The van der Waals surface area contributed by atoms with Crippen LogP contribution in [0.15, 0.2) is 11.1 Å². The highest BCUT2D eigenvalue weighted by molar-refractivity contribution is 5.66. The van der Waals surface area contributed by atoms with E-state index in [9.17, 15) is 9.90 Å². The highest BCUT2D eigenvalue weighted by Crippen LogP contribution is 2.67. The van der Waals surface area contributed by atoms with Gasteiger partial charge in [0.2, 0.25) is 0 Å². The molecule has 8 atom stereocenters. The second-order valence-electron chi connectivity index (χ2n) is 10.7. The van der Waals surface area contributed by atoms with Crippen LogP contribution in [0.5, 0.6) is 0 Å². The van der Waals surface area contributed by atoms with Crippen molar-refractivity contribution < 1.29 is 14.6 Å². The van der Waals surface area contributed by atoms with Crippen LogP contribution in [0.25, 0.3) is 0 Å². The van der Waals surface area contributed by atoms with E-state index >= 15 is 0 Å². The van der Waals surface area contributed by atoms with E-state index in [0.717, 1.165) is 37.0 Å². The molecule has 5 unspecified atom stereocenters. The zero-order valence-electron chi connectivity index (χ0n) is 17.9. The van der Waals surface area contributed by atoms with Crippen molar-refractivity contribution in [3.8, 4) is 0 Å². The van der Waals surface area contributed by atoms with Gasteiger partial charge < -0.3 is 9.84 Å². The second-order valence-corrected chi connectivity index (χ2v) is 10.7. The Bertz CT molecular complexity index is 650. The number of fused-ring (bicyclic) bond motifs is 5. The number of ether oxygens (including phenoxy) is 1. The molecule has 0 bridgehead atoms. The van der Waals surface area contributed by atoms with Crippen LogP contribution >= 0.6 is 0 Å². The summed E-state index contributed by atoms with van der Waals surface area (Å²) in [6.45, 7) is 10.9. The van der Waals surface area contributed by atoms with E-state index in [2.05, 4.69) is 20.8 Å². The third-order valence-electron chi connectivity index (χ3n) is 9.41. The van der Waals surface area contributed by atoms with Crippen molar-refractivity contribution in [3.63, 3.8) is 0 Å². The maximum absolute atomic E-state index is 11.4. The smallest absolute Gasteiger partial charge is 0.302 e. The summed E-state index contributed by atoms with van der Waals surface area (Å²) in [6.07, 6.45) is 9.29. The quantitative estimate of drug-likeness (QED) is 0.529. The number of rotatable bonds is 2. The maximum atomic E-state index is 11.4. The first-order valence-corrected chi connectivity index (χ1v) is 11.2. The molecule has 0 amide bonds. The maximum Gasteiger partial charge on any atom is 0.302 e. The molecule has 0 aromatic rings. The van der Waals surface area contributed by atoms with Crippen LogP contribution in [0.1, 0.15) is 86.0 Å². The highest BCUT2D eigenvalue weighted by atomic mass is 16.5. The topological polar surface area (TPSA) is 46.5 Å². The van der Waals surface area contributed by atoms with Gasteiger partial charge in [0.1, 0.15) is 6.10 Å². The van der Waals surface area contributed by atoms with E-state index in [4.69, 9.17) is 4.74 Å². The Hall–Kier alpha value is -0.830. The minimum Gasteiger partial charge on any atom is -0.462 e. The summed E-state index contributed by atoms with van der Waals surface area (Å²) in [6, 6.07) is 0. The Kier molecular flexibility index (Phi) is 4.77. The fourth-order valence-electron chi connectivity index (χ4n) is 8.25. The number of esters is 1. The lowest BCUT2D eigenvalue weighted by Gasteiger charge is -2.59. The Labute approximate surface area is 164 Å². The van der Waals surface area contributed by atoms with Crippen LogP contribution in [0.3, 0.4) is 0 Å². The molecular weight excluding hydrogens is 336 g/mol. The Morgan fingerprint density at radius 2 is 1.85 bits per heavy atom. The summed E-state index contributed by atoms with van der Waals surface area (Å²) in [5, 5.41) is 10.4. The van der Waals surface area contributed by atoms with Crippen LogP contribution in [-0.2, 0) is 9.53 Å². The molecule has 0 saturated heterocycles. The van der Waals surface area contributed by atoms with Crippen molar-refractivity contribution in [1.29, 1.82) is 0 Å². The Morgan fingerprint density at radius 3 is 2.52 bits per heavy atom. The molecule has 0 spiro atoms. The van der Waals surface area contributed by atoms with Crippen molar-refractivity contribution >= 4 is 5.97 Å². The number of aliphatic hydroxyl groups is 1. The monoisotopic (exact) mass is 374 g/mol. The van der Waals surface area contributed by atoms with Gasteiger partial charge in [-0.15, -0.1) is 0 Å². The molecule has 27 heavy (non-hydrogen) atoms. The molecule has 4 rings (SSSR count). The van der Waals surface area contributed by atoms with Crippen molar-refractivity contribution in [2.75, 3.05) is 0 Å². The SMILES string of the molecule is CC(=O)O[C@H]1CC[C@@]2(C)C(=C(C)CC3C4CCC(C(C)O)[C@@]4(C)CCC32)C1. The molecule has 3 heteroatoms. The number of hydrogen-bond acceptors (Lipinski definition) is 3. The molecule has 152 valence electrons. The highest BCUT2D eigenvalue weighted by Gasteiger charge is 2.59. The molecular formula is C24H38O3. The van der Waals surface area contributed by atoms with Gasteiger partial charge in [-0.3, -0.25) is 4.79 Å².